The zero-order valence-electron chi connectivity index (χ0n) is 36.1. The van der Waals surface area contributed by atoms with Gasteiger partial charge in [0.05, 0.1) is 0 Å². The van der Waals surface area contributed by atoms with Crippen LogP contribution in [0.25, 0.3) is 0 Å². The lowest BCUT2D eigenvalue weighted by Crippen LogP contribution is -2.56. The van der Waals surface area contributed by atoms with Gasteiger partial charge in [-0.2, -0.15) is 0 Å². The van der Waals surface area contributed by atoms with Crippen molar-refractivity contribution in [2.24, 2.45) is 76.4 Å². The Labute approximate surface area is 336 Å². The highest BCUT2D eigenvalue weighted by atomic mass is 16.3. The number of hydrogen-bond acceptors (Lipinski definition) is 1. The summed E-state index contributed by atoms with van der Waals surface area (Å²) in [5.41, 5.74) is 10.6. The second-order valence-corrected chi connectivity index (χ2v) is 27.6. The van der Waals surface area contributed by atoms with Gasteiger partial charge in [0.25, 0.3) is 0 Å². The predicted molar refractivity (Wildman–Crippen MR) is 225 cm³/mol. The second-order valence-electron chi connectivity index (χ2n) is 27.6. The average molecular weight is 743 g/mol. The van der Waals surface area contributed by atoms with E-state index in [0.29, 0.717) is 10.8 Å². The van der Waals surface area contributed by atoms with Gasteiger partial charge >= 0.3 is 0 Å². The molecular weight excluding hydrogens is 665 g/mol. The van der Waals surface area contributed by atoms with E-state index in [2.05, 4.69) is 34.6 Å². The molecule has 0 saturated heterocycles. The Morgan fingerprint density at radius 3 is 0.764 bits per heavy atom. The van der Waals surface area contributed by atoms with E-state index in [-0.39, 0.29) is 21.7 Å². The molecule has 16 fully saturated rings. The second kappa shape index (κ2) is 11.0. The average Bonchev–Trinajstić information content (AvgIpc) is 3.04. The minimum atomic E-state index is 0.0946. The summed E-state index contributed by atoms with van der Waals surface area (Å²) in [5, 5.41) is 14.5. The topological polar surface area (TPSA) is 20.2 Å². The molecule has 16 saturated carbocycles. The van der Waals surface area contributed by atoms with Gasteiger partial charge in [-0.1, -0.05) is 34.6 Å². The zero-order chi connectivity index (χ0) is 37.1. The lowest BCUT2D eigenvalue weighted by Gasteiger charge is -2.65. The molecule has 0 aromatic heterocycles. The van der Waals surface area contributed by atoms with Crippen LogP contribution in [0, 0.1) is 76.4 Å². The van der Waals surface area contributed by atoms with Crippen LogP contribution in [-0.4, -0.2) is 5.11 Å². The normalized spacial score (nSPS) is 52.2. The maximum Gasteiger partial charge on any atom is 0.123 e. The van der Waals surface area contributed by atoms with E-state index >= 15 is 0 Å². The Hall–Kier alpha value is -0.980. The molecule has 0 heterocycles. The van der Waals surface area contributed by atoms with Crippen molar-refractivity contribution < 1.29 is 5.11 Å². The van der Waals surface area contributed by atoms with Gasteiger partial charge in [0.2, 0.25) is 0 Å². The van der Waals surface area contributed by atoms with E-state index in [1.54, 1.807) is 11.1 Å². The van der Waals surface area contributed by atoms with Crippen molar-refractivity contribution in [3.05, 3.63) is 27.8 Å². The molecule has 300 valence electrons. The lowest BCUT2D eigenvalue weighted by atomic mass is 9.39. The first-order chi connectivity index (χ1) is 26.2. The molecule has 0 unspecified atom stereocenters. The molecule has 55 heavy (non-hydrogen) atoms. The number of phenolic OH excluding ortho intramolecular Hbond substituents is 1. The number of phenols is 1. The molecule has 1 nitrogen and oxygen atoms in total. The van der Waals surface area contributed by atoms with E-state index in [4.69, 9.17) is 0 Å². The maximum atomic E-state index is 14.5. The van der Waals surface area contributed by atoms with Crippen LogP contribution >= 0.6 is 0 Å². The van der Waals surface area contributed by atoms with Crippen molar-refractivity contribution in [3.63, 3.8) is 0 Å². The highest BCUT2D eigenvalue weighted by molar-refractivity contribution is 5.68. The Morgan fingerprint density at radius 2 is 0.564 bits per heavy atom. The molecule has 0 radical (unpaired) electrons. The Bertz CT molecular complexity index is 1540. The number of benzene rings is 1. The first-order valence-electron chi connectivity index (χ1n) is 25.1. The van der Waals surface area contributed by atoms with Gasteiger partial charge < -0.3 is 5.11 Å². The van der Waals surface area contributed by atoms with Gasteiger partial charge in [0, 0.05) is 22.0 Å². The van der Waals surface area contributed by atoms with Crippen molar-refractivity contribution in [2.45, 2.75) is 222 Å². The van der Waals surface area contributed by atoms with Crippen molar-refractivity contribution >= 4 is 0 Å². The summed E-state index contributed by atoms with van der Waals surface area (Å²) in [5.74, 6) is 12.1. The summed E-state index contributed by atoms with van der Waals surface area (Å²) in [4.78, 5) is 0. The fourth-order valence-electron chi connectivity index (χ4n) is 22.6. The fraction of sp³-hybridized carbons (Fsp3) is 0.889. The molecule has 16 aliphatic carbocycles. The van der Waals surface area contributed by atoms with Crippen LogP contribution < -0.4 is 0 Å². The van der Waals surface area contributed by atoms with E-state index in [0.717, 1.165) is 76.8 Å². The molecule has 0 atom stereocenters. The standard InChI is InChI=1S/C54H78O/c1-49(2,3)30-50(4,5)43-44(51-18-31-6-32(19-51)8-33(7-31)20-51)46(53-24-37-12-38(25-53)14-39(13-37)26-53)48(55)47(54-27-40-15-41(28-54)17-42(16-40)29-54)45(43)52-21-34-9-35(22-52)11-36(10-34)23-52/h31-42,55H,6-30H2,1-5H3. The van der Waals surface area contributed by atoms with Crippen LogP contribution in [0.1, 0.15) is 223 Å². The fourth-order valence-corrected chi connectivity index (χ4v) is 22.6. The summed E-state index contributed by atoms with van der Waals surface area (Å²) < 4.78 is 0. The Balaban J connectivity index is 1.17. The number of aromatic hydroxyl groups is 1. The molecule has 0 spiro atoms. The van der Waals surface area contributed by atoms with Crippen molar-refractivity contribution in [1.29, 1.82) is 0 Å². The van der Waals surface area contributed by atoms with Crippen LogP contribution in [0.5, 0.6) is 5.75 Å². The van der Waals surface area contributed by atoms with E-state index in [1.165, 1.54) is 161 Å². The molecule has 1 heteroatoms. The van der Waals surface area contributed by atoms with Crippen LogP contribution in [0.15, 0.2) is 0 Å². The Morgan fingerprint density at radius 1 is 0.364 bits per heavy atom. The molecule has 17 rings (SSSR count). The van der Waals surface area contributed by atoms with Crippen molar-refractivity contribution in [1.82, 2.24) is 0 Å². The lowest BCUT2D eigenvalue weighted by molar-refractivity contribution is -0.0255. The third kappa shape index (κ3) is 4.95. The van der Waals surface area contributed by atoms with Gasteiger partial charge in [0.1, 0.15) is 5.75 Å². The molecule has 0 amide bonds. The predicted octanol–water partition coefficient (Wildman–Crippen LogP) is 14.0. The SMILES string of the molecule is CC(C)(C)CC(C)(C)c1c(C23CC4CC(CC(C4)C2)C3)c(C23CC4CC(CC(C4)C2)C3)c(O)c(C23CC4CC(CC(C4)C2)C3)c1C12CC3CC(CC(C3)C1)C2. The van der Waals surface area contributed by atoms with E-state index < -0.39 is 0 Å². The van der Waals surface area contributed by atoms with Crippen LogP contribution in [0.4, 0.5) is 0 Å². The summed E-state index contributed by atoms with van der Waals surface area (Å²) in [6.07, 6.45) is 36.5. The number of hydrogen-bond donors (Lipinski definition) is 1. The van der Waals surface area contributed by atoms with Gasteiger partial charge in [0.15, 0.2) is 0 Å². The summed E-state index contributed by atoms with van der Waals surface area (Å²) >= 11 is 0. The van der Waals surface area contributed by atoms with E-state index in [9.17, 15) is 5.11 Å². The first-order valence-corrected chi connectivity index (χ1v) is 25.1. The van der Waals surface area contributed by atoms with Gasteiger partial charge in [-0.25, -0.2) is 0 Å². The highest BCUT2D eigenvalue weighted by Gasteiger charge is 2.64. The molecule has 1 N–H and O–H groups in total. The monoisotopic (exact) mass is 743 g/mol. The summed E-state index contributed by atoms with van der Waals surface area (Å²) in [6.45, 7) is 13.3. The third-order valence-electron chi connectivity index (χ3n) is 21.4. The third-order valence-corrected chi connectivity index (χ3v) is 21.4. The van der Waals surface area contributed by atoms with Crippen molar-refractivity contribution in [2.75, 3.05) is 0 Å². The largest absolute Gasteiger partial charge is 0.507 e. The van der Waals surface area contributed by atoms with Gasteiger partial charge in [-0.05, 0) is 270 Å². The number of rotatable bonds is 6. The molecule has 16 aliphatic rings. The van der Waals surface area contributed by atoms with Crippen molar-refractivity contribution in [3.8, 4) is 5.75 Å². The van der Waals surface area contributed by atoms with Gasteiger partial charge in [-0.3, -0.25) is 0 Å². The summed E-state index contributed by atoms with van der Waals surface area (Å²) in [7, 11) is 0. The maximum absolute atomic E-state index is 14.5. The quantitative estimate of drug-likeness (QED) is 0.308. The van der Waals surface area contributed by atoms with Gasteiger partial charge in [-0.15, -0.1) is 0 Å². The van der Waals surface area contributed by atoms with Crippen LogP contribution in [-0.2, 0) is 27.1 Å². The smallest absolute Gasteiger partial charge is 0.123 e. The summed E-state index contributed by atoms with van der Waals surface area (Å²) in [6, 6.07) is 0. The minimum Gasteiger partial charge on any atom is -0.507 e. The van der Waals surface area contributed by atoms with Crippen LogP contribution in [0.3, 0.4) is 0 Å². The molecule has 0 aliphatic heterocycles. The van der Waals surface area contributed by atoms with Crippen LogP contribution in [0.2, 0.25) is 0 Å². The highest BCUT2D eigenvalue weighted by Crippen LogP contribution is 2.74. The molecule has 1 aromatic carbocycles. The molecule has 1 aromatic rings. The molecule has 16 bridgehead atoms. The molecular formula is C54H78O. The first kappa shape index (κ1) is 34.8. The zero-order valence-corrected chi connectivity index (χ0v) is 36.1. The Kier molecular flexibility index (Phi) is 6.99. The minimum absolute atomic E-state index is 0.0946. The van der Waals surface area contributed by atoms with E-state index in [1.807, 2.05) is 16.7 Å².